The van der Waals surface area contributed by atoms with Crippen LogP contribution in [0.4, 0.5) is 4.79 Å². The number of amides is 1. The van der Waals surface area contributed by atoms with Crippen molar-refractivity contribution in [3.8, 4) is 0 Å². The van der Waals surface area contributed by atoms with Gasteiger partial charge in [-0.25, -0.2) is 4.79 Å². The van der Waals surface area contributed by atoms with Gasteiger partial charge in [-0.2, -0.15) is 0 Å². The van der Waals surface area contributed by atoms with E-state index in [-0.39, 0.29) is 6.09 Å². The van der Waals surface area contributed by atoms with E-state index in [4.69, 9.17) is 4.74 Å². The zero-order valence-electron chi connectivity index (χ0n) is 10.4. The van der Waals surface area contributed by atoms with Crippen LogP contribution < -0.4 is 5.32 Å². The van der Waals surface area contributed by atoms with Crippen LogP contribution in [0.25, 0.3) is 0 Å². The number of halogens is 1. The Labute approximate surface area is 112 Å². The first-order chi connectivity index (χ1) is 7.40. The molecule has 4 heteroatoms. The van der Waals surface area contributed by atoms with Crippen molar-refractivity contribution >= 4 is 28.7 Å². The number of alkyl carbamates (subject to hydrolysis) is 1. The third kappa shape index (κ3) is 5.37. The molecule has 2 unspecified atom stereocenters. The van der Waals surface area contributed by atoms with Crippen LogP contribution in [0.15, 0.2) is 0 Å². The second-order valence-corrected chi connectivity index (χ2v) is 6.58. The molecule has 1 aliphatic rings. The highest BCUT2D eigenvalue weighted by Crippen LogP contribution is 2.28. The van der Waals surface area contributed by atoms with Crippen LogP contribution in [-0.4, -0.2) is 22.2 Å². The summed E-state index contributed by atoms with van der Waals surface area (Å²) < 4.78 is 6.45. The normalized spacial score (nSPS) is 25.5. The average Bonchev–Trinajstić information content (AvgIpc) is 2.49. The molecule has 16 heavy (non-hydrogen) atoms. The molecule has 0 aliphatic heterocycles. The summed E-state index contributed by atoms with van der Waals surface area (Å²) in [4.78, 5) is 11.5. The van der Waals surface area contributed by atoms with Crippen LogP contribution in [0.5, 0.6) is 0 Å². The van der Waals surface area contributed by atoms with E-state index in [0.717, 1.165) is 18.8 Å². The van der Waals surface area contributed by atoms with Gasteiger partial charge in [-0.1, -0.05) is 22.6 Å². The second kappa shape index (κ2) is 6.07. The summed E-state index contributed by atoms with van der Waals surface area (Å²) in [7, 11) is 0. The third-order valence-electron chi connectivity index (χ3n) is 2.78. The maximum atomic E-state index is 11.5. The smallest absolute Gasteiger partial charge is 0.407 e. The van der Waals surface area contributed by atoms with Crippen molar-refractivity contribution in [2.24, 2.45) is 5.92 Å². The Balaban J connectivity index is 2.26. The Morgan fingerprint density at radius 3 is 2.69 bits per heavy atom. The molecule has 0 spiro atoms. The fourth-order valence-corrected chi connectivity index (χ4v) is 2.98. The molecule has 1 saturated carbocycles. The SMILES string of the molecule is CC(C)(C)OC(=O)NC1CCC(CCI)C1. The Hall–Kier alpha value is 0. The predicted molar refractivity (Wildman–Crippen MR) is 74.0 cm³/mol. The van der Waals surface area contributed by atoms with E-state index in [9.17, 15) is 4.79 Å². The lowest BCUT2D eigenvalue weighted by Crippen LogP contribution is -2.37. The van der Waals surface area contributed by atoms with Gasteiger partial charge >= 0.3 is 6.09 Å². The molecule has 0 heterocycles. The molecule has 0 aromatic heterocycles. The fraction of sp³-hybridized carbons (Fsp3) is 0.917. The summed E-state index contributed by atoms with van der Waals surface area (Å²) in [6, 6.07) is 0.322. The van der Waals surface area contributed by atoms with E-state index in [2.05, 4.69) is 27.9 Å². The number of hydrogen-bond acceptors (Lipinski definition) is 2. The Kier molecular flexibility index (Phi) is 5.34. The monoisotopic (exact) mass is 339 g/mol. The lowest BCUT2D eigenvalue weighted by molar-refractivity contribution is 0.0504. The number of alkyl halides is 1. The van der Waals surface area contributed by atoms with Gasteiger partial charge in [0.15, 0.2) is 0 Å². The fourth-order valence-electron chi connectivity index (χ4n) is 2.10. The molecule has 1 amide bonds. The van der Waals surface area contributed by atoms with Crippen LogP contribution in [0.2, 0.25) is 0 Å². The number of carbonyl (C=O) groups excluding carboxylic acids is 1. The number of ether oxygens (including phenoxy) is 1. The third-order valence-corrected chi connectivity index (χ3v) is 3.40. The van der Waals surface area contributed by atoms with Gasteiger partial charge in [0.25, 0.3) is 0 Å². The molecule has 2 atom stereocenters. The first kappa shape index (κ1) is 14.1. The molecule has 1 rings (SSSR count). The summed E-state index contributed by atoms with van der Waals surface area (Å²) in [6.45, 7) is 5.67. The molecule has 0 saturated heterocycles. The lowest BCUT2D eigenvalue weighted by Gasteiger charge is -2.21. The standard InChI is InChI=1S/C12H22INO2/c1-12(2,3)16-11(15)14-10-5-4-9(8-10)6-7-13/h9-10H,4-8H2,1-3H3,(H,14,15). The van der Waals surface area contributed by atoms with Gasteiger partial charge in [-0.05, 0) is 56.8 Å². The van der Waals surface area contributed by atoms with E-state index in [1.54, 1.807) is 0 Å². The average molecular weight is 339 g/mol. The molecule has 1 aliphatic carbocycles. The van der Waals surface area contributed by atoms with Gasteiger partial charge < -0.3 is 10.1 Å². The molecule has 94 valence electrons. The van der Waals surface area contributed by atoms with Crippen LogP contribution in [0.1, 0.15) is 46.5 Å². The highest BCUT2D eigenvalue weighted by atomic mass is 127. The lowest BCUT2D eigenvalue weighted by atomic mass is 10.1. The van der Waals surface area contributed by atoms with Gasteiger partial charge in [0.05, 0.1) is 0 Å². The van der Waals surface area contributed by atoms with Gasteiger partial charge in [0.1, 0.15) is 5.60 Å². The maximum absolute atomic E-state index is 11.5. The van der Waals surface area contributed by atoms with Crippen LogP contribution in [0, 0.1) is 5.92 Å². The van der Waals surface area contributed by atoms with Gasteiger partial charge in [-0.3, -0.25) is 0 Å². The minimum absolute atomic E-state index is 0.271. The van der Waals surface area contributed by atoms with Gasteiger partial charge in [0, 0.05) is 6.04 Å². The molecule has 1 fully saturated rings. The first-order valence-electron chi connectivity index (χ1n) is 5.96. The van der Waals surface area contributed by atoms with Crippen LogP contribution in [-0.2, 0) is 4.74 Å². The molecule has 0 radical (unpaired) electrons. The quantitative estimate of drug-likeness (QED) is 0.631. The van der Waals surface area contributed by atoms with Crippen molar-refractivity contribution in [1.82, 2.24) is 5.32 Å². The molecule has 0 aromatic rings. The summed E-state index contributed by atoms with van der Waals surface area (Å²) >= 11 is 2.42. The van der Waals surface area contributed by atoms with Crippen molar-refractivity contribution in [2.75, 3.05) is 4.43 Å². The zero-order valence-corrected chi connectivity index (χ0v) is 12.5. The Morgan fingerprint density at radius 1 is 1.44 bits per heavy atom. The summed E-state index contributed by atoms with van der Waals surface area (Å²) in [5.41, 5.74) is -0.399. The highest BCUT2D eigenvalue weighted by molar-refractivity contribution is 14.1. The summed E-state index contributed by atoms with van der Waals surface area (Å²) in [6.07, 6.45) is 4.45. The van der Waals surface area contributed by atoms with Gasteiger partial charge in [-0.15, -0.1) is 0 Å². The van der Waals surface area contributed by atoms with E-state index in [0.29, 0.717) is 6.04 Å². The molecule has 1 N–H and O–H groups in total. The first-order valence-corrected chi connectivity index (χ1v) is 7.49. The summed E-state index contributed by atoms with van der Waals surface area (Å²) in [5.74, 6) is 0.789. The highest BCUT2D eigenvalue weighted by Gasteiger charge is 2.26. The minimum Gasteiger partial charge on any atom is -0.444 e. The molecule has 3 nitrogen and oxygen atoms in total. The van der Waals surface area contributed by atoms with Crippen molar-refractivity contribution in [2.45, 2.75) is 58.1 Å². The maximum Gasteiger partial charge on any atom is 0.407 e. The Morgan fingerprint density at radius 2 is 2.12 bits per heavy atom. The predicted octanol–water partition coefficient (Wildman–Crippen LogP) is 3.50. The van der Waals surface area contributed by atoms with Crippen molar-refractivity contribution in [1.29, 1.82) is 0 Å². The van der Waals surface area contributed by atoms with E-state index < -0.39 is 5.60 Å². The Bertz CT molecular complexity index is 238. The van der Waals surface area contributed by atoms with Crippen LogP contribution >= 0.6 is 22.6 Å². The van der Waals surface area contributed by atoms with Gasteiger partial charge in [0.2, 0.25) is 0 Å². The van der Waals surface area contributed by atoms with Crippen LogP contribution in [0.3, 0.4) is 0 Å². The van der Waals surface area contributed by atoms with Crippen molar-refractivity contribution < 1.29 is 9.53 Å². The van der Waals surface area contributed by atoms with E-state index >= 15 is 0 Å². The summed E-state index contributed by atoms with van der Waals surface area (Å²) in [5, 5.41) is 2.96. The molecule has 0 aromatic carbocycles. The zero-order chi connectivity index (χ0) is 12.2. The second-order valence-electron chi connectivity index (χ2n) is 5.50. The number of carbonyl (C=O) groups is 1. The molecular weight excluding hydrogens is 317 g/mol. The topological polar surface area (TPSA) is 38.3 Å². The molecule has 0 bridgehead atoms. The largest absolute Gasteiger partial charge is 0.444 e. The van der Waals surface area contributed by atoms with Crippen molar-refractivity contribution in [3.05, 3.63) is 0 Å². The molecular formula is C12H22INO2. The van der Waals surface area contributed by atoms with E-state index in [1.807, 2.05) is 20.8 Å². The number of nitrogens with one attached hydrogen (secondary N) is 1. The van der Waals surface area contributed by atoms with Crippen molar-refractivity contribution in [3.63, 3.8) is 0 Å². The number of rotatable bonds is 3. The van der Waals surface area contributed by atoms with E-state index in [1.165, 1.54) is 17.3 Å². The number of hydrogen-bond donors (Lipinski definition) is 1. The minimum atomic E-state index is -0.399.